The molecule has 8 fully saturated rings. The second-order valence-corrected chi connectivity index (χ2v) is 18.9. The number of rotatable bonds is 4. The van der Waals surface area contributed by atoms with Gasteiger partial charge in [-0.15, -0.1) is 0 Å². The van der Waals surface area contributed by atoms with E-state index < -0.39 is 70.6 Å². The van der Waals surface area contributed by atoms with Crippen molar-refractivity contribution in [3.8, 4) is 0 Å². The van der Waals surface area contributed by atoms with Gasteiger partial charge in [-0.1, -0.05) is 20.8 Å². The maximum atomic E-state index is 12.7. The lowest BCUT2D eigenvalue weighted by Gasteiger charge is -2.64. The predicted molar refractivity (Wildman–Crippen MR) is 170 cm³/mol. The molecule has 2 bridgehead atoms. The standard InChI is InChI=1S/C37H58O11/c1-19(38)46-26-27-32(6)12-15-37(48-32,31(4,5)43)45-18-36(27)14-13-35-17-34(35)11-10-23(47-29-25(41)24(40)20(39)16-44-29)30(2,3)21(34)8-9-22(35)33(36,7)28(26)42/h20-29,39-43H,8-18H2,1-7H3/t20-,21+,22+,23+,24+,25-,26-,27-,28-,29+,32?,33-,34-,35+,36+,37+/m1/s1. The fraction of sp³-hybridized carbons (Fsp3) is 0.973. The first-order valence-corrected chi connectivity index (χ1v) is 18.5. The minimum absolute atomic E-state index is 0.0248. The molecule has 272 valence electrons. The third kappa shape index (κ3) is 3.95. The van der Waals surface area contributed by atoms with Gasteiger partial charge < -0.3 is 49.2 Å². The van der Waals surface area contributed by atoms with E-state index in [-0.39, 0.29) is 40.8 Å². The van der Waals surface area contributed by atoms with E-state index in [0.717, 1.165) is 44.9 Å². The van der Waals surface area contributed by atoms with Crippen LogP contribution in [0, 0.1) is 44.8 Å². The van der Waals surface area contributed by atoms with Gasteiger partial charge in [-0.2, -0.15) is 0 Å². The minimum Gasteiger partial charge on any atom is -0.459 e. The SMILES string of the molecule is CC(=O)O[C@@H]1[C@@H]2C3(C)CC[C@](C(C)(C)O)(OC[C@@]24CC[C@@]25C[C@@]26CC[C@H](O[C@@H]2OC[C@@H](O)[C@H](O)[C@H]2O)C(C)(C)[C@@H]6CC[C@H]5[C@]4(C)[C@@H]1O)O3. The van der Waals surface area contributed by atoms with Gasteiger partial charge in [0.1, 0.15) is 30.0 Å². The van der Waals surface area contributed by atoms with Gasteiger partial charge in [0.25, 0.3) is 0 Å². The summed E-state index contributed by atoms with van der Waals surface area (Å²) in [5, 5.41) is 54.9. The topological polar surface area (TPSA) is 164 Å². The second kappa shape index (κ2) is 10.2. The van der Waals surface area contributed by atoms with Gasteiger partial charge in [0.15, 0.2) is 12.1 Å². The molecule has 3 aliphatic heterocycles. The van der Waals surface area contributed by atoms with E-state index in [2.05, 4.69) is 27.7 Å². The Morgan fingerprint density at radius 2 is 1.52 bits per heavy atom. The highest BCUT2D eigenvalue weighted by Crippen LogP contribution is 2.89. The molecule has 0 aromatic heterocycles. The molecule has 3 saturated heterocycles. The number of hydrogen-bond donors (Lipinski definition) is 5. The maximum absolute atomic E-state index is 12.7. The normalized spacial score (nSPS) is 58.1. The van der Waals surface area contributed by atoms with Gasteiger partial charge in [0.2, 0.25) is 0 Å². The summed E-state index contributed by atoms with van der Waals surface area (Å²) in [4.78, 5) is 12.7. The molecule has 3 spiro atoms. The first-order valence-electron chi connectivity index (χ1n) is 18.5. The molecule has 16 atom stereocenters. The second-order valence-electron chi connectivity index (χ2n) is 18.9. The summed E-state index contributed by atoms with van der Waals surface area (Å²) < 4.78 is 31.9. The molecule has 11 heteroatoms. The van der Waals surface area contributed by atoms with E-state index in [1.807, 2.05) is 0 Å². The van der Waals surface area contributed by atoms with Gasteiger partial charge in [0, 0.05) is 30.1 Å². The molecule has 0 amide bonds. The van der Waals surface area contributed by atoms with Gasteiger partial charge >= 0.3 is 5.97 Å². The first-order chi connectivity index (χ1) is 22.3. The van der Waals surface area contributed by atoms with Crippen LogP contribution < -0.4 is 0 Å². The van der Waals surface area contributed by atoms with Gasteiger partial charge in [0.05, 0.1) is 31.0 Å². The Morgan fingerprint density at radius 1 is 0.854 bits per heavy atom. The predicted octanol–water partition coefficient (Wildman–Crippen LogP) is 2.81. The first kappa shape index (κ1) is 34.2. The highest BCUT2D eigenvalue weighted by Gasteiger charge is 2.87. The van der Waals surface area contributed by atoms with Crippen molar-refractivity contribution in [1.29, 1.82) is 0 Å². The Labute approximate surface area is 284 Å². The summed E-state index contributed by atoms with van der Waals surface area (Å²) in [5.41, 5.74) is -3.27. The fourth-order valence-corrected chi connectivity index (χ4v) is 14.1. The Balaban J connectivity index is 1.13. The Hall–Kier alpha value is -0.890. The van der Waals surface area contributed by atoms with Crippen molar-refractivity contribution in [2.45, 2.75) is 166 Å². The highest BCUT2D eigenvalue weighted by molar-refractivity contribution is 5.66. The zero-order chi connectivity index (χ0) is 34.7. The molecule has 11 nitrogen and oxygen atoms in total. The molecule has 8 aliphatic rings. The maximum Gasteiger partial charge on any atom is 0.303 e. The van der Waals surface area contributed by atoms with Crippen LogP contribution in [0.25, 0.3) is 0 Å². The number of esters is 1. The van der Waals surface area contributed by atoms with Crippen LogP contribution in [0.3, 0.4) is 0 Å². The van der Waals surface area contributed by atoms with Gasteiger partial charge in [-0.25, -0.2) is 0 Å². The quantitative estimate of drug-likeness (QED) is 0.219. The van der Waals surface area contributed by atoms with E-state index in [9.17, 15) is 30.3 Å². The van der Waals surface area contributed by atoms with Crippen LogP contribution in [0.15, 0.2) is 0 Å². The van der Waals surface area contributed by atoms with Crippen LogP contribution in [0.5, 0.6) is 0 Å². The number of hydrogen-bond acceptors (Lipinski definition) is 11. The third-order valence-electron chi connectivity index (χ3n) is 16.4. The molecule has 8 rings (SSSR count). The average molecular weight is 679 g/mol. The average Bonchev–Trinajstić information content (AvgIpc) is 3.50. The van der Waals surface area contributed by atoms with E-state index >= 15 is 0 Å². The molecule has 0 radical (unpaired) electrons. The smallest absolute Gasteiger partial charge is 0.303 e. The van der Waals surface area contributed by atoms with Crippen molar-refractivity contribution in [3.05, 3.63) is 0 Å². The molecule has 5 saturated carbocycles. The van der Waals surface area contributed by atoms with Crippen LogP contribution in [0.4, 0.5) is 0 Å². The number of aliphatic hydroxyl groups excluding tert-OH is 4. The van der Waals surface area contributed by atoms with Gasteiger partial charge in [-0.3, -0.25) is 4.79 Å². The molecular weight excluding hydrogens is 620 g/mol. The molecule has 0 aromatic carbocycles. The highest BCUT2D eigenvalue weighted by atomic mass is 16.7. The van der Waals surface area contributed by atoms with Crippen molar-refractivity contribution < 1.29 is 54.0 Å². The van der Waals surface area contributed by atoms with Crippen LogP contribution in [-0.4, -0.2) is 105 Å². The lowest BCUT2D eigenvalue weighted by Crippen LogP contribution is -2.63. The number of carbonyl (C=O) groups is 1. The van der Waals surface area contributed by atoms with E-state index in [1.165, 1.54) is 6.92 Å². The summed E-state index contributed by atoms with van der Waals surface area (Å²) >= 11 is 0. The van der Waals surface area contributed by atoms with E-state index in [1.54, 1.807) is 13.8 Å². The summed E-state index contributed by atoms with van der Waals surface area (Å²) in [6.07, 6.45) is 1.09. The van der Waals surface area contributed by atoms with Crippen LogP contribution in [-0.2, 0) is 28.5 Å². The molecule has 5 N–H and O–H groups in total. The van der Waals surface area contributed by atoms with Crippen LogP contribution in [0.1, 0.15) is 106 Å². The number of fused-ring (bicyclic) bond motifs is 4. The van der Waals surface area contributed by atoms with Crippen molar-refractivity contribution in [1.82, 2.24) is 0 Å². The molecule has 5 aliphatic carbocycles. The van der Waals surface area contributed by atoms with Gasteiger partial charge in [-0.05, 0) is 100 Å². The van der Waals surface area contributed by atoms with Crippen LogP contribution >= 0.6 is 0 Å². The summed E-state index contributed by atoms with van der Waals surface area (Å²) in [5.74, 6) is -1.33. The number of ether oxygens (including phenoxy) is 5. The summed E-state index contributed by atoms with van der Waals surface area (Å²) in [6, 6.07) is 0. The Morgan fingerprint density at radius 3 is 2.21 bits per heavy atom. The lowest BCUT2D eigenvalue weighted by atomic mass is 9.41. The summed E-state index contributed by atoms with van der Waals surface area (Å²) in [7, 11) is 0. The zero-order valence-corrected chi connectivity index (χ0v) is 29.7. The molecular formula is C37H58O11. The zero-order valence-electron chi connectivity index (χ0n) is 29.7. The Bertz CT molecular complexity index is 1350. The molecule has 0 aromatic rings. The lowest BCUT2D eigenvalue weighted by molar-refractivity contribution is -0.317. The van der Waals surface area contributed by atoms with Crippen molar-refractivity contribution >= 4 is 5.97 Å². The van der Waals surface area contributed by atoms with Crippen molar-refractivity contribution in [2.75, 3.05) is 13.2 Å². The number of carbonyl (C=O) groups excluding carboxylic acids is 1. The third-order valence-corrected chi connectivity index (χ3v) is 16.4. The molecule has 1 unspecified atom stereocenters. The van der Waals surface area contributed by atoms with Crippen molar-refractivity contribution in [2.24, 2.45) is 44.8 Å². The molecule has 3 heterocycles. The van der Waals surface area contributed by atoms with E-state index in [0.29, 0.717) is 25.4 Å². The largest absolute Gasteiger partial charge is 0.459 e. The van der Waals surface area contributed by atoms with Crippen LogP contribution in [0.2, 0.25) is 0 Å². The van der Waals surface area contributed by atoms with Crippen molar-refractivity contribution in [3.63, 3.8) is 0 Å². The number of aliphatic hydroxyl groups is 5. The summed E-state index contributed by atoms with van der Waals surface area (Å²) in [6.45, 7) is 14.0. The molecule has 48 heavy (non-hydrogen) atoms. The fourth-order valence-electron chi connectivity index (χ4n) is 14.1. The van der Waals surface area contributed by atoms with E-state index in [4.69, 9.17) is 23.7 Å². The minimum atomic E-state index is -1.32. The monoisotopic (exact) mass is 678 g/mol. The Kier molecular flexibility index (Phi) is 7.24.